The molecule has 0 saturated carbocycles. The second kappa shape index (κ2) is 9.58. The quantitative estimate of drug-likeness (QED) is 0.615. The second-order valence-electron chi connectivity index (χ2n) is 7.49. The number of benzene rings is 2. The maximum atomic E-state index is 13.1. The minimum absolute atomic E-state index is 0.181. The summed E-state index contributed by atoms with van der Waals surface area (Å²) in [7, 11) is -7.10. The van der Waals surface area contributed by atoms with Crippen molar-refractivity contribution in [1.82, 2.24) is 5.32 Å². The summed E-state index contributed by atoms with van der Waals surface area (Å²) in [4.78, 5) is 13.2. The molecule has 0 radical (unpaired) electrons. The first-order valence-electron chi connectivity index (χ1n) is 9.61. The summed E-state index contributed by atoms with van der Waals surface area (Å²) in [6, 6.07) is 9.60. The molecule has 2 rings (SSSR count). The van der Waals surface area contributed by atoms with Gasteiger partial charge in [-0.3, -0.25) is 9.10 Å². The number of sulfone groups is 1. The number of rotatable bonds is 8. The number of amides is 1. The SMILES string of the molecule is CC[C@H](C(=O)N[C@@H](C)c1ccc(S(C)(=O)=O)cc1)N(c1ccc(C)c(Cl)c1)S(C)(=O)=O. The molecule has 2 atom stereocenters. The summed E-state index contributed by atoms with van der Waals surface area (Å²) in [5, 5.41) is 3.23. The highest BCUT2D eigenvalue weighted by Gasteiger charge is 2.32. The summed E-state index contributed by atoms with van der Waals surface area (Å²) < 4.78 is 49.5. The summed E-state index contributed by atoms with van der Waals surface area (Å²) in [6.45, 7) is 5.27. The third-order valence-corrected chi connectivity index (χ3v) is 7.62. The molecule has 0 aliphatic carbocycles. The van der Waals surface area contributed by atoms with Crippen molar-refractivity contribution in [2.75, 3.05) is 16.8 Å². The Balaban J connectivity index is 2.32. The fraction of sp³-hybridized carbons (Fsp3) is 0.381. The first-order valence-corrected chi connectivity index (χ1v) is 13.7. The molecule has 0 spiro atoms. The third kappa shape index (κ3) is 6.21. The van der Waals surface area contributed by atoms with E-state index in [0.717, 1.165) is 22.4 Å². The molecule has 1 amide bonds. The van der Waals surface area contributed by atoms with E-state index in [0.29, 0.717) is 16.3 Å². The van der Waals surface area contributed by atoms with Crippen LogP contribution >= 0.6 is 11.6 Å². The highest BCUT2D eigenvalue weighted by molar-refractivity contribution is 7.92. The molecule has 0 aromatic heterocycles. The molecule has 0 aliphatic heterocycles. The number of hydrogen-bond donors (Lipinski definition) is 1. The van der Waals surface area contributed by atoms with E-state index in [1.807, 2.05) is 0 Å². The predicted octanol–water partition coefficient (Wildman–Crippen LogP) is 3.47. The van der Waals surface area contributed by atoms with Gasteiger partial charge in [0.25, 0.3) is 0 Å². The monoisotopic (exact) mass is 486 g/mol. The lowest BCUT2D eigenvalue weighted by molar-refractivity contribution is -0.122. The van der Waals surface area contributed by atoms with Gasteiger partial charge in [0, 0.05) is 11.3 Å². The average Bonchev–Trinajstić information content (AvgIpc) is 2.66. The molecule has 0 aliphatic rings. The number of halogens is 1. The van der Waals surface area contributed by atoms with Gasteiger partial charge in [0.2, 0.25) is 15.9 Å². The molecular formula is C21H27ClN2O5S2. The summed E-state index contributed by atoms with van der Waals surface area (Å²) in [6.07, 6.45) is 2.41. The molecule has 170 valence electrons. The van der Waals surface area contributed by atoms with Crippen LogP contribution in [-0.4, -0.2) is 41.3 Å². The van der Waals surface area contributed by atoms with Crippen LogP contribution in [0.2, 0.25) is 5.02 Å². The number of sulfonamides is 1. The standard InChI is InChI=1S/C21H27ClN2O5S2/c1-6-20(24(31(5,28)29)17-10-7-14(2)19(22)13-17)21(25)23-15(3)16-8-11-18(12-9-16)30(4,26)27/h7-13,15,20H,6H2,1-5H3,(H,23,25)/t15-,20+/m0/s1. The Morgan fingerprint density at radius 2 is 1.65 bits per heavy atom. The van der Waals surface area contributed by atoms with Gasteiger partial charge in [-0.1, -0.05) is 36.7 Å². The summed E-state index contributed by atoms with van der Waals surface area (Å²) in [5.41, 5.74) is 1.80. The van der Waals surface area contributed by atoms with Crippen LogP contribution < -0.4 is 9.62 Å². The highest BCUT2D eigenvalue weighted by atomic mass is 35.5. The lowest BCUT2D eigenvalue weighted by Crippen LogP contribution is -2.49. The first-order chi connectivity index (χ1) is 14.3. The Labute approximate surface area is 189 Å². The van der Waals surface area contributed by atoms with Crippen LogP contribution in [0, 0.1) is 6.92 Å². The maximum absolute atomic E-state index is 13.1. The van der Waals surface area contributed by atoms with Gasteiger partial charge in [-0.15, -0.1) is 0 Å². The van der Waals surface area contributed by atoms with Crippen molar-refractivity contribution in [2.45, 2.75) is 44.2 Å². The topological polar surface area (TPSA) is 101 Å². The van der Waals surface area contributed by atoms with Gasteiger partial charge in [-0.25, -0.2) is 16.8 Å². The zero-order chi connectivity index (χ0) is 23.6. The summed E-state index contributed by atoms with van der Waals surface area (Å²) in [5.74, 6) is -0.468. The zero-order valence-electron chi connectivity index (χ0n) is 18.1. The van der Waals surface area contributed by atoms with E-state index in [-0.39, 0.29) is 11.3 Å². The molecule has 0 saturated heterocycles. The molecular weight excluding hydrogens is 460 g/mol. The van der Waals surface area contributed by atoms with Crippen molar-refractivity contribution >= 4 is 43.1 Å². The minimum Gasteiger partial charge on any atom is -0.348 e. The number of nitrogens with one attached hydrogen (secondary N) is 1. The number of hydrogen-bond acceptors (Lipinski definition) is 5. The average molecular weight is 487 g/mol. The van der Waals surface area contributed by atoms with Crippen molar-refractivity contribution in [3.05, 3.63) is 58.6 Å². The Hall–Kier alpha value is -2.10. The second-order valence-corrected chi connectivity index (χ2v) is 11.8. The van der Waals surface area contributed by atoms with E-state index in [9.17, 15) is 21.6 Å². The van der Waals surface area contributed by atoms with Gasteiger partial charge in [0.1, 0.15) is 6.04 Å². The molecule has 0 heterocycles. The van der Waals surface area contributed by atoms with Crippen LogP contribution in [0.3, 0.4) is 0 Å². The maximum Gasteiger partial charge on any atom is 0.244 e. The van der Waals surface area contributed by atoms with E-state index in [1.165, 1.54) is 18.2 Å². The lowest BCUT2D eigenvalue weighted by atomic mass is 10.1. The lowest BCUT2D eigenvalue weighted by Gasteiger charge is -2.31. The molecule has 7 nitrogen and oxygen atoms in total. The molecule has 2 aromatic carbocycles. The molecule has 0 bridgehead atoms. The summed E-state index contributed by atoms with van der Waals surface area (Å²) >= 11 is 6.18. The van der Waals surface area contributed by atoms with E-state index in [2.05, 4.69) is 5.32 Å². The molecule has 31 heavy (non-hydrogen) atoms. The fourth-order valence-corrected chi connectivity index (χ4v) is 5.18. The molecule has 0 unspecified atom stereocenters. The van der Waals surface area contributed by atoms with Gasteiger partial charge in [-0.2, -0.15) is 0 Å². The number of nitrogens with zero attached hydrogens (tertiary/aromatic N) is 1. The van der Waals surface area contributed by atoms with Gasteiger partial charge in [0.15, 0.2) is 9.84 Å². The fourth-order valence-electron chi connectivity index (χ4n) is 3.18. The zero-order valence-corrected chi connectivity index (χ0v) is 20.5. The van der Waals surface area contributed by atoms with Crippen LogP contribution in [0.15, 0.2) is 47.4 Å². The normalized spacial score (nSPS) is 14.0. The number of carbonyl (C=O) groups is 1. The Kier molecular flexibility index (Phi) is 7.78. The van der Waals surface area contributed by atoms with Gasteiger partial charge in [-0.05, 0) is 55.7 Å². The van der Waals surface area contributed by atoms with Gasteiger partial charge in [0.05, 0.1) is 22.9 Å². The predicted molar refractivity (Wildman–Crippen MR) is 124 cm³/mol. The van der Waals surface area contributed by atoms with Gasteiger partial charge >= 0.3 is 0 Å². The van der Waals surface area contributed by atoms with Crippen LogP contribution in [0.25, 0.3) is 0 Å². The molecule has 10 heteroatoms. The van der Waals surface area contributed by atoms with Crippen molar-refractivity contribution in [1.29, 1.82) is 0 Å². The number of carbonyl (C=O) groups excluding carboxylic acids is 1. The highest BCUT2D eigenvalue weighted by Crippen LogP contribution is 2.28. The van der Waals surface area contributed by atoms with Crippen LogP contribution in [-0.2, 0) is 24.7 Å². The molecule has 0 fully saturated rings. The van der Waals surface area contributed by atoms with Crippen LogP contribution in [0.4, 0.5) is 5.69 Å². The van der Waals surface area contributed by atoms with E-state index in [1.54, 1.807) is 45.0 Å². The van der Waals surface area contributed by atoms with E-state index in [4.69, 9.17) is 11.6 Å². The van der Waals surface area contributed by atoms with Crippen LogP contribution in [0.1, 0.15) is 37.4 Å². The van der Waals surface area contributed by atoms with Crippen molar-refractivity contribution < 1.29 is 21.6 Å². The largest absolute Gasteiger partial charge is 0.348 e. The molecule has 2 aromatic rings. The van der Waals surface area contributed by atoms with Crippen molar-refractivity contribution in [3.63, 3.8) is 0 Å². The number of anilines is 1. The van der Waals surface area contributed by atoms with Crippen LogP contribution in [0.5, 0.6) is 0 Å². The minimum atomic E-state index is -3.78. The first kappa shape index (κ1) is 25.2. The Bertz CT molecular complexity index is 1160. The van der Waals surface area contributed by atoms with Crippen molar-refractivity contribution in [3.8, 4) is 0 Å². The Morgan fingerprint density at radius 1 is 1.06 bits per heavy atom. The third-order valence-electron chi connectivity index (χ3n) is 4.91. The number of aryl methyl sites for hydroxylation is 1. The smallest absolute Gasteiger partial charge is 0.244 e. The Morgan fingerprint density at radius 3 is 2.10 bits per heavy atom. The molecule has 1 N–H and O–H groups in total. The van der Waals surface area contributed by atoms with Gasteiger partial charge < -0.3 is 5.32 Å². The van der Waals surface area contributed by atoms with Crippen molar-refractivity contribution in [2.24, 2.45) is 0 Å². The van der Waals surface area contributed by atoms with E-state index >= 15 is 0 Å². The van der Waals surface area contributed by atoms with E-state index < -0.39 is 37.9 Å².